The average molecular weight is 340 g/mol. The second kappa shape index (κ2) is 6.87. The van der Waals surface area contributed by atoms with E-state index in [1.165, 1.54) is 25.1 Å². The monoisotopic (exact) mass is 339 g/mol. The smallest absolute Gasteiger partial charge is 0.0594 e. The number of halogens is 1. The van der Waals surface area contributed by atoms with Gasteiger partial charge in [0.05, 0.1) is 25.1 Å². The van der Waals surface area contributed by atoms with Crippen LogP contribution in [0.2, 0.25) is 0 Å². The number of aromatic nitrogens is 1. The summed E-state index contributed by atoms with van der Waals surface area (Å²) in [4.78, 5) is 9.27. The van der Waals surface area contributed by atoms with E-state index in [2.05, 4.69) is 36.8 Å². The molecular formula is C15H22BrN3O. The number of morpholine rings is 1. The lowest BCUT2D eigenvalue weighted by atomic mass is 9.96. The van der Waals surface area contributed by atoms with Crippen molar-refractivity contribution in [3.8, 4) is 0 Å². The first-order chi connectivity index (χ1) is 9.81. The van der Waals surface area contributed by atoms with Gasteiger partial charge >= 0.3 is 0 Å². The van der Waals surface area contributed by atoms with Gasteiger partial charge in [-0.3, -0.25) is 9.88 Å². The van der Waals surface area contributed by atoms with Gasteiger partial charge in [-0.05, 0) is 40.8 Å². The molecule has 3 rings (SSSR count). The highest BCUT2D eigenvalue weighted by Crippen LogP contribution is 2.25. The summed E-state index contributed by atoms with van der Waals surface area (Å²) >= 11 is 3.50. The van der Waals surface area contributed by atoms with Crippen LogP contribution >= 0.6 is 15.9 Å². The minimum Gasteiger partial charge on any atom is -0.379 e. The van der Waals surface area contributed by atoms with Crippen LogP contribution in [-0.2, 0) is 4.74 Å². The van der Waals surface area contributed by atoms with Crippen LogP contribution in [0, 0.1) is 5.92 Å². The van der Waals surface area contributed by atoms with Gasteiger partial charge in [-0.1, -0.05) is 0 Å². The zero-order chi connectivity index (χ0) is 13.8. The zero-order valence-corrected chi connectivity index (χ0v) is 13.4. The fraction of sp³-hybridized carbons (Fsp3) is 0.667. The molecule has 0 amide bonds. The van der Waals surface area contributed by atoms with E-state index in [1.54, 1.807) is 0 Å². The summed E-state index contributed by atoms with van der Waals surface area (Å²) in [7, 11) is 0. The van der Waals surface area contributed by atoms with Gasteiger partial charge in [-0.15, -0.1) is 0 Å². The van der Waals surface area contributed by atoms with Crippen LogP contribution < -0.4 is 4.90 Å². The molecule has 0 radical (unpaired) electrons. The van der Waals surface area contributed by atoms with Gasteiger partial charge < -0.3 is 9.64 Å². The molecule has 0 unspecified atom stereocenters. The minimum atomic E-state index is 0.837. The molecule has 5 heteroatoms. The fourth-order valence-corrected chi connectivity index (χ4v) is 3.45. The van der Waals surface area contributed by atoms with Crippen molar-refractivity contribution in [3.05, 3.63) is 22.9 Å². The predicted octanol–water partition coefficient (Wildman–Crippen LogP) is 2.39. The number of hydrogen-bond donors (Lipinski definition) is 0. The first-order valence-electron chi connectivity index (χ1n) is 7.47. The lowest BCUT2D eigenvalue weighted by Crippen LogP contribution is -2.42. The Morgan fingerprint density at radius 1 is 1.15 bits per heavy atom. The number of hydrogen-bond acceptors (Lipinski definition) is 4. The molecule has 0 aliphatic carbocycles. The third kappa shape index (κ3) is 3.71. The molecule has 0 bridgehead atoms. The highest BCUT2D eigenvalue weighted by atomic mass is 79.9. The summed E-state index contributed by atoms with van der Waals surface area (Å²) < 4.78 is 6.47. The second-order valence-electron chi connectivity index (χ2n) is 5.70. The third-order valence-corrected chi connectivity index (χ3v) is 4.72. The second-order valence-corrected chi connectivity index (χ2v) is 6.62. The van der Waals surface area contributed by atoms with Crippen molar-refractivity contribution in [1.29, 1.82) is 0 Å². The lowest BCUT2D eigenvalue weighted by Gasteiger charge is -2.36. The molecule has 0 saturated carbocycles. The minimum absolute atomic E-state index is 0.837. The summed E-state index contributed by atoms with van der Waals surface area (Å²) in [6.07, 6.45) is 6.37. The van der Waals surface area contributed by atoms with E-state index in [1.807, 2.05) is 12.4 Å². The van der Waals surface area contributed by atoms with Crippen LogP contribution in [0.4, 0.5) is 5.69 Å². The number of rotatable bonds is 3. The maximum atomic E-state index is 5.41. The standard InChI is InChI=1S/C15H22BrN3O/c16-14-9-15(11-17-10-14)19-3-1-13(2-4-19)12-18-5-7-20-8-6-18/h9-11,13H,1-8,12H2. The van der Waals surface area contributed by atoms with E-state index in [-0.39, 0.29) is 0 Å². The van der Waals surface area contributed by atoms with Crippen LogP contribution in [0.15, 0.2) is 22.9 Å². The third-order valence-electron chi connectivity index (χ3n) is 4.29. The maximum absolute atomic E-state index is 5.41. The Balaban J connectivity index is 1.49. The van der Waals surface area contributed by atoms with E-state index < -0.39 is 0 Å². The van der Waals surface area contributed by atoms with Gasteiger partial charge in [0, 0.05) is 43.4 Å². The maximum Gasteiger partial charge on any atom is 0.0594 e. The van der Waals surface area contributed by atoms with Crippen molar-refractivity contribution in [2.24, 2.45) is 5.92 Å². The molecule has 3 heterocycles. The Bertz CT molecular complexity index is 429. The van der Waals surface area contributed by atoms with Crippen molar-refractivity contribution in [1.82, 2.24) is 9.88 Å². The molecule has 2 aliphatic heterocycles. The van der Waals surface area contributed by atoms with Gasteiger partial charge in [0.2, 0.25) is 0 Å². The molecule has 1 aromatic rings. The quantitative estimate of drug-likeness (QED) is 0.845. The molecule has 1 aromatic heterocycles. The number of piperidine rings is 1. The first-order valence-corrected chi connectivity index (χ1v) is 8.26. The highest BCUT2D eigenvalue weighted by molar-refractivity contribution is 9.10. The van der Waals surface area contributed by atoms with Crippen LogP contribution in [-0.4, -0.2) is 55.8 Å². The topological polar surface area (TPSA) is 28.6 Å². The predicted molar refractivity (Wildman–Crippen MR) is 84.1 cm³/mol. The Morgan fingerprint density at radius 3 is 2.60 bits per heavy atom. The van der Waals surface area contributed by atoms with E-state index in [9.17, 15) is 0 Å². The van der Waals surface area contributed by atoms with Gasteiger partial charge in [0.1, 0.15) is 0 Å². The van der Waals surface area contributed by atoms with Crippen molar-refractivity contribution in [3.63, 3.8) is 0 Å². The zero-order valence-electron chi connectivity index (χ0n) is 11.8. The van der Waals surface area contributed by atoms with E-state index in [0.717, 1.165) is 49.8 Å². The molecule has 2 saturated heterocycles. The van der Waals surface area contributed by atoms with Crippen molar-refractivity contribution >= 4 is 21.6 Å². The summed E-state index contributed by atoms with van der Waals surface area (Å²) in [5, 5.41) is 0. The van der Waals surface area contributed by atoms with E-state index in [0.29, 0.717) is 0 Å². The van der Waals surface area contributed by atoms with Gasteiger partial charge in [0.15, 0.2) is 0 Å². The van der Waals surface area contributed by atoms with Gasteiger partial charge in [-0.2, -0.15) is 0 Å². The number of nitrogens with zero attached hydrogens (tertiary/aromatic N) is 3. The normalized spacial score (nSPS) is 22.1. The van der Waals surface area contributed by atoms with Crippen molar-refractivity contribution in [2.75, 3.05) is 50.8 Å². The lowest BCUT2D eigenvalue weighted by molar-refractivity contribution is 0.0289. The average Bonchev–Trinajstić information content (AvgIpc) is 2.49. The summed E-state index contributed by atoms with van der Waals surface area (Å²) in [6.45, 7) is 7.56. The van der Waals surface area contributed by atoms with Crippen molar-refractivity contribution < 1.29 is 4.74 Å². The van der Waals surface area contributed by atoms with Crippen LogP contribution in [0.25, 0.3) is 0 Å². The molecule has 4 nitrogen and oxygen atoms in total. The van der Waals surface area contributed by atoms with E-state index >= 15 is 0 Å². The molecule has 2 aliphatic rings. The first kappa shape index (κ1) is 14.3. The molecule has 2 fully saturated rings. The number of pyridine rings is 1. The summed E-state index contributed by atoms with van der Waals surface area (Å²) in [5.74, 6) is 0.837. The van der Waals surface area contributed by atoms with Gasteiger partial charge in [-0.25, -0.2) is 0 Å². The Hall–Kier alpha value is -0.650. The van der Waals surface area contributed by atoms with E-state index in [4.69, 9.17) is 4.74 Å². The molecule has 0 aromatic carbocycles. The Labute approximate surface area is 129 Å². The van der Waals surface area contributed by atoms with Crippen LogP contribution in [0.1, 0.15) is 12.8 Å². The molecule has 0 N–H and O–H groups in total. The number of ether oxygens (including phenoxy) is 1. The fourth-order valence-electron chi connectivity index (χ4n) is 3.10. The molecule has 20 heavy (non-hydrogen) atoms. The summed E-state index contributed by atoms with van der Waals surface area (Å²) in [5.41, 5.74) is 1.24. The SMILES string of the molecule is Brc1cncc(N2CCC(CN3CCOCC3)CC2)c1. The number of anilines is 1. The Kier molecular flexibility index (Phi) is 4.91. The summed E-state index contributed by atoms with van der Waals surface area (Å²) in [6, 6.07) is 2.16. The molecular weight excluding hydrogens is 318 g/mol. The highest BCUT2D eigenvalue weighted by Gasteiger charge is 2.22. The van der Waals surface area contributed by atoms with Gasteiger partial charge in [0.25, 0.3) is 0 Å². The van der Waals surface area contributed by atoms with Crippen LogP contribution in [0.5, 0.6) is 0 Å². The van der Waals surface area contributed by atoms with Crippen molar-refractivity contribution in [2.45, 2.75) is 12.8 Å². The Morgan fingerprint density at radius 2 is 1.90 bits per heavy atom. The molecule has 110 valence electrons. The molecule has 0 atom stereocenters. The largest absolute Gasteiger partial charge is 0.379 e. The van der Waals surface area contributed by atoms with Crippen LogP contribution in [0.3, 0.4) is 0 Å². The molecule has 0 spiro atoms.